The number of nitrogens with one attached hydrogen (secondary N) is 1. The number of rotatable bonds is 2. The average Bonchev–Trinajstić information content (AvgIpc) is 2.96. The summed E-state index contributed by atoms with van der Waals surface area (Å²) in [5.41, 5.74) is 9.30. The van der Waals surface area contributed by atoms with E-state index in [2.05, 4.69) is 36.6 Å². The van der Waals surface area contributed by atoms with Gasteiger partial charge in [0.05, 0.1) is 5.69 Å². The Labute approximate surface area is 129 Å². The fourth-order valence-electron chi connectivity index (χ4n) is 3.24. The Bertz CT molecular complexity index is 850. The number of hydrogen-bond acceptors (Lipinski definition) is 4. The maximum absolute atomic E-state index is 5.77. The summed E-state index contributed by atoms with van der Waals surface area (Å²) >= 11 is 0. The van der Waals surface area contributed by atoms with Crippen molar-refractivity contribution in [2.24, 2.45) is 5.84 Å². The van der Waals surface area contributed by atoms with Gasteiger partial charge in [-0.2, -0.15) is 9.61 Å². The summed E-state index contributed by atoms with van der Waals surface area (Å²) in [6, 6.07) is 10.4. The van der Waals surface area contributed by atoms with Crippen LogP contribution in [-0.4, -0.2) is 14.6 Å². The molecule has 4 rings (SSSR count). The molecule has 1 aromatic carbocycles. The summed E-state index contributed by atoms with van der Waals surface area (Å²) in [5.74, 6) is 6.65. The lowest BCUT2D eigenvalue weighted by Gasteiger charge is -2.18. The summed E-state index contributed by atoms with van der Waals surface area (Å²) in [5, 5.41) is 4.71. The molecule has 112 valence electrons. The van der Waals surface area contributed by atoms with E-state index in [0.29, 0.717) is 0 Å². The third-order valence-electron chi connectivity index (χ3n) is 4.33. The topological polar surface area (TPSA) is 68.2 Å². The van der Waals surface area contributed by atoms with Crippen molar-refractivity contribution < 1.29 is 0 Å². The van der Waals surface area contributed by atoms with E-state index in [1.807, 2.05) is 10.6 Å². The number of hydrogen-bond donors (Lipinski definition) is 2. The van der Waals surface area contributed by atoms with Crippen molar-refractivity contribution in [2.45, 2.75) is 32.6 Å². The van der Waals surface area contributed by atoms with Crippen molar-refractivity contribution in [1.82, 2.24) is 14.6 Å². The van der Waals surface area contributed by atoms with Crippen LogP contribution in [-0.2, 0) is 12.8 Å². The molecule has 3 aromatic rings. The minimum Gasteiger partial charge on any atom is -0.308 e. The quantitative estimate of drug-likeness (QED) is 0.563. The van der Waals surface area contributed by atoms with Crippen LogP contribution >= 0.6 is 0 Å². The van der Waals surface area contributed by atoms with Crippen LogP contribution in [0, 0.1) is 6.92 Å². The molecule has 0 bridgehead atoms. The molecule has 0 saturated heterocycles. The first kappa shape index (κ1) is 13.3. The van der Waals surface area contributed by atoms with Gasteiger partial charge >= 0.3 is 0 Å². The Balaban J connectivity index is 1.93. The SMILES string of the molecule is Cc1cccc(-c2cc3nc4c(c(NN)n3n2)CCCC4)c1. The number of nitrogen functional groups attached to an aromatic ring is 1. The highest BCUT2D eigenvalue weighted by molar-refractivity contribution is 5.67. The molecular formula is C17H19N5. The molecule has 0 aliphatic heterocycles. The van der Waals surface area contributed by atoms with E-state index in [0.717, 1.165) is 41.3 Å². The minimum atomic E-state index is 0.852. The first-order chi connectivity index (χ1) is 10.8. The predicted octanol–water partition coefficient (Wildman–Crippen LogP) is 2.87. The van der Waals surface area contributed by atoms with Gasteiger partial charge in [-0.15, -0.1) is 0 Å². The lowest BCUT2D eigenvalue weighted by atomic mass is 9.96. The second-order valence-corrected chi connectivity index (χ2v) is 5.91. The average molecular weight is 293 g/mol. The maximum atomic E-state index is 5.77. The smallest absolute Gasteiger partial charge is 0.158 e. The summed E-state index contributed by atoms with van der Waals surface area (Å²) < 4.78 is 1.84. The summed E-state index contributed by atoms with van der Waals surface area (Å²) in [6.07, 6.45) is 4.41. The molecule has 0 amide bonds. The highest BCUT2D eigenvalue weighted by Gasteiger charge is 2.19. The number of nitrogens with zero attached hydrogens (tertiary/aromatic N) is 3. The molecule has 5 nitrogen and oxygen atoms in total. The van der Waals surface area contributed by atoms with Gasteiger partial charge in [0, 0.05) is 22.9 Å². The Kier molecular flexibility index (Phi) is 3.08. The van der Waals surface area contributed by atoms with Crippen LogP contribution in [0.25, 0.3) is 16.9 Å². The van der Waals surface area contributed by atoms with Gasteiger partial charge in [-0.3, -0.25) is 0 Å². The number of anilines is 1. The van der Waals surface area contributed by atoms with Crippen LogP contribution in [0.2, 0.25) is 0 Å². The van der Waals surface area contributed by atoms with Gasteiger partial charge < -0.3 is 5.43 Å². The molecule has 22 heavy (non-hydrogen) atoms. The molecule has 0 atom stereocenters. The monoisotopic (exact) mass is 293 g/mol. The maximum Gasteiger partial charge on any atom is 0.158 e. The van der Waals surface area contributed by atoms with Crippen LogP contribution in [0.1, 0.15) is 29.7 Å². The van der Waals surface area contributed by atoms with Crippen LogP contribution in [0.15, 0.2) is 30.3 Å². The van der Waals surface area contributed by atoms with E-state index in [9.17, 15) is 0 Å². The molecule has 2 aromatic heterocycles. The molecular weight excluding hydrogens is 274 g/mol. The fraction of sp³-hybridized carbons (Fsp3) is 0.294. The number of benzene rings is 1. The van der Waals surface area contributed by atoms with E-state index in [4.69, 9.17) is 15.9 Å². The first-order valence-electron chi connectivity index (χ1n) is 7.71. The van der Waals surface area contributed by atoms with Crippen molar-refractivity contribution in [1.29, 1.82) is 0 Å². The summed E-state index contributed by atoms with van der Waals surface area (Å²) in [4.78, 5) is 4.80. The van der Waals surface area contributed by atoms with Crippen LogP contribution in [0.4, 0.5) is 5.82 Å². The largest absolute Gasteiger partial charge is 0.308 e. The second-order valence-electron chi connectivity index (χ2n) is 5.91. The summed E-state index contributed by atoms with van der Waals surface area (Å²) in [7, 11) is 0. The van der Waals surface area contributed by atoms with Crippen molar-refractivity contribution in [2.75, 3.05) is 5.43 Å². The molecule has 0 fully saturated rings. The third kappa shape index (κ3) is 2.05. The Morgan fingerprint density at radius 1 is 1.18 bits per heavy atom. The predicted molar refractivity (Wildman–Crippen MR) is 87.6 cm³/mol. The highest BCUT2D eigenvalue weighted by Crippen LogP contribution is 2.29. The molecule has 2 heterocycles. The second kappa shape index (κ2) is 5.10. The lowest BCUT2D eigenvalue weighted by Crippen LogP contribution is -2.18. The van der Waals surface area contributed by atoms with Crippen LogP contribution < -0.4 is 11.3 Å². The van der Waals surface area contributed by atoms with Crippen LogP contribution in [0.5, 0.6) is 0 Å². The van der Waals surface area contributed by atoms with Crippen molar-refractivity contribution >= 4 is 11.5 Å². The van der Waals surface area contributed by atoms with Gasteiger partial charge in [0.1, 0.15) is 5.82 Å². The fourth-order valence-corrected chi connectivity index (χ4v) is 3.24. The van der Waals surface area contributed by atoms with Gasteiger partial charge in [0.15, 0.2) is 5.65 Å². The number of aryl methyl sites for hydroxylation is 2. The van der Waals surface area contributed by atoms with E-state index in [1.165, 1.54) is 24.0 Å². The summed E-state index contributed by atoms with van der Waals surface area (Å²) in [6.45, 7) is 2.09. The first-order valence-corrected chi connectivity index (χ1v) is 7.71. The Hall–Kier alpha value is -2.40. The molecule has 1 aliphatic carbocycles. The van der Waals surface area contributed by atoms with E-state index in [1.54, 1.807) is 0 Å². The van der Waals surface area contributed by atoms with Gasteiger partial charge in [0.2, 0.25) is 0 Å². The van der Waals surface area contributed by atoms with Gasteiger partial charge in [-0.25, -0.2) is 10.8 Å². The standard InChI is InChI=1S/C17H19N5/c1-11-5-4-6-12(9-11)15-10-16-19-14-8-3-2-7-13(14)17(20-18)22(16)21-15/h4-6,9-10,20H,2-3,7-8,18H2,1H3. The highest BCUT2D eigenvalue weighted by atomic mass is 15.4. The molecule has 0 radical (unpaired) electrons. The van der Waals surface area contributed by atoms with Crippen molar-refractivity contribution in [3.8, 4) is 11.3 Å². The molecule has 0 spiro atoms. The normalized spacial score (nSPS) is 14.1. The molecule has 3 N–H and O–H groups in total. The number of hydrazine groups is 1. The van der Waals surface area contributed by atoms with Crippen LogP contribution in [0.3, 0.4) is 0 Å². The zero-order valence-corrected chi connectivity index (χ0v) is 12.6. The number of aromatic nitrogens is 3. The third-order valence-corrected chi connectivity index (χ3v) is 4.33. The Morgan fingerprint density at radius 3 is 2.86 bits per heavy atom. The number of fused-ring (bicyclic) bond motifs is 2. The lowest BCUT2D eigenvalue weighted by molar-refractivity contribution is 0.661. The molecule has 0 unspecified atom stereocenters. The van der Waals surface area contributed by atoms with Gasteiger partial charge in [-0.1, -0.05) is 23.8 Å². The van der Waals surface area contributed by atoms with Crippen molar-refractivity contribution in [3.05, 3.63) is 47.2 Å². The minimum absolute atomic E-state index is 0.852. The molecule has 1 aliphatic rings. The molecule has 5 heteroatoms. The van der Waals surface area contributed by atoms with E-state index < -0.39 is 0 Å². The van der Waals surface area contributed by atoms with Crippen molar-refractivity contribution in [3.63, 3.8) is 0 Å². The zero-order valence-electron chi connectivity index (χ0n) is 12.6. The zero-order chi connectivity index (χ0) is 15.1. The van der Waals surface area contributed by atoms with E-state index in [-0.39, 0.29) is 0 Å². The van der Waals surface area contributed by atoms with Gasteiger partial charge in [0.25, 0.3) is 0 Å². The van der Waals surface area contributed by atoms with Gasteiger partial charge in [-0.05, 0) is 38.7 Å². The molecule has 0 saturated carbocycles. The van der Waals surface area contributed by atoms with E-state index >= 15 is 0 Å². The Morgan fingerprint density at radius 2 is 2.05 bits per heavy atom. The number of nitrogens with two attached hydrogens (primary N) is 1.